The van der Waals surface area contributed by atoms with Crippen molar-refractivity contribution in [1.29, 1.82) is 0 Å². The minimum atomic E-state index is -2.60. The molecule has 0 N–H and O–H groups in total. The molecule has 0 aliphatic carbocycles. The summed E-state index contributed by atoms with van der Waals surface area (Å²) >= 11 is 0. The largest absolute Gasteiger partial charge is 1.00 e. The van der Waals surface area contributed by atoms with E-state index in [1.54, 1.807) is 0 Å². The van der Waals surface area contributed by atoms with E-state index >= 15 is 0 Å². The van der Waals surface area contributed by atoms with E-state index in [1.807, 2.05) is 0 Å². The molecular weight excluding hydrogens is 137 g/mol. The van der Waals surface area contributed by atoms with Gasteiger partial charge in [0, 0.05) is 0 Å². The zero-order valence-corrected chi connectivity index (χ0v) is 9.57. The standard InChI is InChI=1S/CH3O3P.2Na/c1-4-5(2)3;;/h1H3;;/q;2*+1. The molecule has 0 heterocycles. The summed E-state index contributed by atoms with van der Waals surface area (Å²) in [6, 6.07) is 0. The fourth-order valence-corrected chi connectivity index (χ4v) is 0. The summed E-state index contributed by atoms with van der Waals surface area (Å²) in [6.07, 6.45) is 0. The van der Waals surface area contributed by atoms with Gasteiger partial charge >= 0.3 is 67.4 Å². The van der Waals surface area contributed by atoms with Crippen LogP contribution in [0, 0.1) is 0 Å². The summed E-state index contributed by atoms with van der Waals surface area (Å²) in [5, 5.41) is 0. The van der Waals surface area contributed by atoms with Gasteiger partial charge in [0.05, 0.1) is 7.11 Å². The van der Waals surface area contributed by atoms with Crippen LogP contribution in [-0.2, 0) is 9.09 Å². The molecule has 3 nitrogen and oxygen atoms in total. The van der Waals surface area contributed by atoms with Crippen LogP contribution >= 0.6 is 8.25 Å². The third-order valence-electron chi connectivity index (χ3n) is 0.149. The maximum Gasteiger partial charge on any atom is 1.00 e. The first-order valence-electron chi connectivity index (χ1n) is 0.956. The van der Waals surface area contributed by atoms with E-state index < -0.39 is 8.25 Å². The van der Waals surface area contributed by atoms with Gasteiger partial charge in [-0.25, -0.2) is 0 Å². The molecule has 1 atom stereocenters. The van der Waals surface area contributed by atoms with Crippen molar-refractivity contribution < 1.29 is 73.1 Å². The quantitative estimate of drug-likeness (QED) is 0.269. The minimum Gasteiger partial charge on any atom is -0.566 e. The van der Waals surface area contributed by atoms with Crippen LogP contribution < -0.4 is 64.0 Å². The molecule has 0 spiro atoms. The smallest absolute Gasteiger partial charge is 0.566 e. The fraction of sp³-hybridized carbons (Fsp3) is 1.00. The van der Waals surface area contributed by atoms with Crippen LogP contribution in [0.15, 0.2) is 0 Å². The van der Waals surface area contributed by atoms with Crippen molar-refractivity contribution in [2.24, 2.45) is 0 Å². The molecule has 1 unspecified atom stereocenters. The van der Waals surface area contributed by atoms with Gasteiger partial charge in [-0.3, -0.25) is 0 Å². The molecule has 0 aromatic rings. The molecule has 7 heavy (non-hydrogen) atoms. The van der Waals surface area contributed by atoms with E-state index in [2.05, 4.69) is 4.52 Å². The van der Waals surface area contributed by atoms with Crippen LogP contribution in [0.5, 0.6) is 0 Å². The second kappa shape index (κ2) is 10.9. The van der Waals surface area contributed by atoms with Crippen molar-refractivity contribution in [2.75, 3.05) is 7.11 Å². The Bertz CT molecular complexity index is 48.2. The number of hydrogen-bond donors (Lipinski definition) is 0. The van der Waals surface area contributed by atoms with E-state index in [4.69, 9.17) is 0 Å². The maximum atomic E-state index is 9.18. The van der Waals surface area contributed by atoms with Crippen LogP contribution in [0.1, 0.15) is 0 Å². The third-order valence-corrected chi connectivity index (χ3v) is 0.447. The first-order valence-corrected chi connectivity index (χ1v) is 2.05. The molecule has 0 bridgehead atoms. The monoisotopic (exact) mass is 140 g/mol. The van der Waals surface area contributed by atoms with Crippen molar-refractivity contribution in [3.63, 3.8) is 0 Å². The maximum absolute atomic E-state index is 9.18. The van der Waals surface area contributed by atoms with Crippen molar-refractivity contribution in [2.45, 2.75) is 0 Å². The molecule has 0 amide bonds. The summed E-state index contributed by atoms with van der Waals surface area (Å²) in [4.78, 5) is 9.18. The molecule has 0 aromatic carbocycles. The van der Waals surface area contributed by atoms with Gasteiger partial charge in [-0.2, -0.15) is 4.52 Å². The van der Waals surface area contributed by atoms with E-state index in [9.17, 15) is 9.46 Å². The van der Waals surface area contributed by atoms with Crippen molar-refractivity contribution in [1.82, 2.24) is 0 Å². The zero-order valence-electron chi connectivity index (χ0n) is 4.67. The van der Waals surface area contributed by atoms with E-state index in [-0.39, 0.29) is 59.1 Å². The summed E-state index contributed by atoms with van der Waals surface area (Å²) in [5.74, 6) is 0. The molecule has 0 fully saturated rings. The summed E-state index contributed by atoms with van der Waals surface area (Å²) in [7, 11) is -1.50. The Labute approximate surface area is 87.4 Å². The Balaban J connectivity index is -0.0000000800. The van der Waals surface area contributed by atoms with Crippen molar-refractivity contribution in [3.05, 3.63) is 0 Å². The van der Waals surface area contributed by atoms with Gasteiger partial charge in [0.2, 0.25) is 0 Å². The molecule has 0 saturated heterocycles. The first kappa shape index (κ1) is 16.0. The Morgan fingerprint density at radius 3 is 1.71 bits per heavy atom. The van der Waals surface area contributed by atoms with Gasteiger partial charge < -0.3 is 4.89 Å². The number of hydrogen-bond acceptors (Lipinski definition) is 3. The minimum absolute atomic E-state index is 0. The van der Waals surface area contributed by atoms with Gasteiger partial charge in [-0.15, -0.1) is 0 Å². The second-order valence-corrected chi connectivity index (χ2v) is 1.22. The summed E-state index contributed by atoms with van der Waals surface area (Å²) < 4.78 is 12.9. The molecular formula is CH3Na2O3P+2. The predicted molar refractivity (Wildman–Crippen MR) is 14.6 cm³/mol. The average molecular weight is 140 g/mol. The van der Waals surface area contributed by atoms with Gasteiger partial charge in [-0.1, -0.05) is 0 Å². The first-order chi connectivity index (χ1) is 2.27. The Hall–Kier alpha value is 2.02. The summed E-state index contributed by atoms with van der Waals surface area (Å²) in [5.41, 5.74) is 0. The predicted octanol–water partition coefficient (Wildman–Crippen LogP) is -6.34. The average Bonchev–Trinajstić information content (AvgIpc) is 1.38. The van der Waals surface area contributed by atoms with Gasteiger partial charge in [0.1, 0.15) is 0 Å². The zero-order chi connectivity index (χ0) is 4.28. The van der Waals surface area contributed by atoms with Gasteiger partial charge in [-0.05, 0) is 4.57 Å². The molecule has 0 radical (unpaired) electrons. The second-order valence-electron chi connectivity index (χ2n) is 0.406. The third kappa shape index (κ3) is 18.0. The van der Waals surface area contributed by atoms with E-state index in [0.29, 0.717) is 0 Å². The molecule has 0 rings (SSSR count). The fourth-order valence-electron chi connectivity index (χ4n) is 0. The SMILES string of the molecule is CO[P+](=O)[O-].[Na+].[Na+]. The van der Waals surface area contributed by atoms with Crippen molar-refractivity contribution >= 4 is 8.25 Å². The van der Waals surface area contributed by atoms with Crippen LogP contribution in [0.4, 0.5) is 0 Å². The molecule has 0 aliphatic heterocycles. The molecule has 0 aliphatic rings. The van der Waals surface area contributed by atoms with E-state index in [0.717, 1.165) is 7.11 Å². The number of rotatable bonds is 1. The Morgan fingerprint density at radius 2 is 1.71 bits per heavy atom. The van der Waals surface area contributed by atoms with Crippen LogP contribution in [0.25, 0.3) is 0 Å². The van der Waals surface area contributed by atoms with Gasteiger partial charge in [0.25, 0.3) is 0 Å². The molecule has 30 valence electrons. The molecule has 0 aromatic heterocycles. The topological polar surface area (TPSA) is 49.4 Å². The summed E-state index contributed by atoms with van der Waals surface area (Å²) in [6.45, 7) is 0. The normalized spacial score (nSPS) is 8.00. The Morgan fingerprint density at radius 1 is 1.57 bits per heavy atom. The van der Waals surface area contributed by atoms with Crippen LogP contribution in [0.2, 0.25) is 0 Å². The van der Waals surface area contributed by atoms with Crippen LogP contribution in [0.3, 0.4) is 0 Å². The van der Waals surface area contributed by atoms with Gasteiger partial charge in [0.15, 0.2) is 0 Å². The Kier molecular flexibility index (Phi) is 24.9. The molecule has 0 saturated carbocycles. The van der Waals surface area contributed by atoms with E-state index in [1.165, 1.54) is 0 Å². The molecule has 6 heteroatoms. The van der Waals surface area contributed by atoms with Crippen LogP contribution in [-0.4, -0.2) is 7.11 Å². The van der Waals surface area contributed by atoms with Crippen molar-refractivity contribution in [3.8, 4) is 0 Å².